The Morgan fingerprint density at radius 3 is 2.64 bits per heavy atom. The highest BCUT2D eigenvalue weighted by molar-refractivity contribution is 6.04. The van der Waals surface area contributed by atoms with Gasteiger partial charge in [0.25, 0.3) is 0 Å². The Bertz CT molecular complexity index is 769. The summed E-state index contributed by atoms with van der Waals surface area (Å²) < 4.78 is 5.88. The maximum Gasteiger partial charge on any atom is 0.167 e. The first-order valence-electron chi connectivity index (χ1n) is 7.38. The Morgan fingerprint density at radius 2 is 1.95 bits per heavy atom. The van der Waals surface area contributed by atoms with Gasteiger partial charge < -0.3 is 4.74 Å². The van der Waals surface area contributed by atoms with Crippen LogP contribution in [-0.2, 0) is 6.61 Å². The molecule has 0 aliphatic heterocycles. The molecule has 0 aromatic heterocycles. The van der Waals surface area contributed by atoms with Gasteiger partial charge in [0.1, 0.15) is 12.4 Å². The topological polar surface area (TPSA) is 50.1 Å². The lowest BCUT2D eigenvalue weighted by Crippen LogP contribution is -2.02. The molecule has 3 nitrogen and oxygen atoms in total. The summed E-state index contributed by atoms with van der Waals surface area (Å²) in [6.45, 7) is 4.52. The van der Waals surface area contributed by atoms with Crippen LogP contribution in [0.3, 0.4) is 0 Å². The van der Waals surface area contributed by atoms with Gasteiger partial charge in [-0.3, -0.25) is 4.79 Å². The summed E-state index contributed by atoms with van der Waals surface area (Å²) in [4.78, 5) is 12.2. The van der Waals surface area contributed by atoms with Crippen molar-refractivity contribution in [3.8, 4) is 11.8 Å². The standard InChI is InChI=1S/C19H17NO2/c1-12-3-8-17(19-16(21)9-13(2)18(12)19)22-11-15-6-4-14(10-20)5-7-15/h3-8,13H,9,11H2,1-2H3. The van der Waals surface area contributed by atoms with E-state index in [1.54, 1.807) is 12.1 Å². The summed E-state index contributed by atoms with van der Waals surface area (Å²) >= 11 is 0. The predicted molar refractivity (Wildman–Crippen MR) is 84.0 cm³/mol. The molecule has 0 fully saturated rings. The molecule has 2 aromatic carbocycles. The number of rotatable bonds is 3. The number of nitrogens with zero attached hydrogens (tertiary/aromatic N) is 1. The van der Waals surface area contributed by atoms with Crippen molar-refractivity contribution < 1.29 is 9.53 Å². The molecule has 2 aromatic rings. The summed E-state index contributed by atoms with van der Waals surface area (Å²) in [6, 6.07) is 13.3. The molecular weight excluding hydrogens is 274 g/mol. The second kappa shape index (κ2) is 5.65. The first-order valence-corrected chi connectivity index (χ1v) is 7.38. The number of hydrogen-bond donors (Lipinski definition) is 0. The summed E-state index contributed by atoms with van der Waals surface area (Å²) in [6.07, 6.45) is 0.563. The smallest absolute Gasteiger partial charge is 0.167 e. The molecule has 0 heterocycles. The van der Waals surface area contributed by atoms with Crippen LogP contribution in [0.4, 0.5) is 0 Å². The summed E-state index contributed by atoms with van der Waals surface area (Å²) in [7, 11) is 0. The van der Waals surface area contributed by atoms with E-state index in [9.17, 15) is 4.79 Å². The second-order valence-electron chi connectivity index (χ2n) is 5.80. The molecule has 1 atom stereocenters. The minimum atomic E-state index is 0.168. The SMILES string of the molecule is Cc1ccc(OCc2ccc(C#N)cc2)c2c1C(C)CC2=O. The Kier molecular flexibility index (Phi) is 3.68. The third-order valence-corrected chi connectivity index (χ3v) is 4.17. The molecule has 0 spiro atoms. The molecule has 0 amide bonds. The zero-order valence-electron chi connectivity index (χ0n) is 12.7. The summed E-state index contributed by atoms with van der Waals surface area (Å²) in [5.41, 5.74) is 4.64. The fourth-order valence-electron chi connectivity index (χ4n) is 3.07. The zero-order chi connectivity index (χ0) is 15.7. The van der Waals surface area contributed by atoms with E-state index < -0.39 is 0 Å². The van der Waals surface area contributed by atoms with Crippen LogP contribution in [0, 0.1) is 18.3 Å². The fraction of sp³-hybridized carbons (Fsp3) is 0.263. The maximum absolute atomic E-state index is 12.2. The zero-order valence-corrected chi connectivity index (χ0v) is 12.7. The predicted octanol–water partition coefficient (Wildman–Crippen LogP) is 4.14. The average Bonchev–Trinajstić information content (AvgIpc) is 2.83. The molecule has 1 aliphatic rings. The Labute approximate surface area is 130 Å². The van der Waals surface area contributed by atoms with Crippen molar-refractivity contribution in [3.63, 3.8) is 0 Å². The number of Topliss-reactive ketones (excluding diaryl/α,β-unsaturated/α-hetero) is 1. The number of aryl methyl sites for hydroxylation is 1. The van der Waals surface area contributed by atoms with Crippen LogP contribution in [-0.4, -0.2) is 5.78 Å². The molecule has 0 saturated carbocycles. The molecule has 0 saturated heterocycles. The van der Waals surface area contributed by atoms with Crippen LogP contribution in [0.5, 0.6) is 5.75 Å². The van der Waals surface area contributed by atoms with Gasteiger partial charge in [0.15, 0.2) is 5.78 Å². The number of ketones is 1. The van der Waals surface area contributed by atoms with Crippen molar-refractivity contribution >= 4 is 5.78 Å². The van der Waals surface area contributed by atoms with Crippen LogP contribution in [0.15, 0.2) is 36.4 Å². The lowest BCUT2D eigenvalue weighted by molar-refractivity contribution is 0.0986. The molecule has 0 N–H and O–H groups in total. The summed E-state index contributed by atoms with van der Waals surface area (Å²) in [5, 5.41) is 8.80. The van der Waals surface area contributed by atoms with Gasteiger partial charge in [0.05, 0.1) is 17.2 Å². The van der Waals surface area contributed by atoms with Crippen LogP contribution in [0.25, 0.3) is 0 Å². The van der Waals surface area contributed by atoms with Crippen LogP contribution in [0.2, 0.25) is 0 Å². The number of benzene rings is 2. The van der Waals surface area contributed by atoms with Crippen LogP contribution in [0.1, 0.15) is 51.9 Å². The molecular formula is C19H17NO2. The van der Waals surface area contributed by atoms with E-state index in [1.165, 1.54) is 0 Å². The minimum Gasteiger partial charge on any atom is -0.488 e. The molecule has 22 heavy (non-hydrogen) atoms. The van der Waals surface area contributed by atoms with Crippen LogP contribution >= 0.6 is 0 Å². The van der Waals surface area contributed by atoms with Crippen molar-refractivity contribution in [2.24, 2.45) is 0 Å². The lowest BCUT2D eigenvalue weighted by Gasteiger charge is -2.13. The lowest BCUT2D eigenvalue weighted by atomic mass is 9.97. The normalized spacial score (nSPS) is 16.2. The van der Waals surface area contributed by atoms with Gasteiger partial charge in [-0.25, -0.2) is 0 Å². The van der Waals surface area contributed by atoms with E-state index in [2.05, 4.69) is 13.0 Å². The van der Waals surface area contributed by atoms with E-state index in [0.717, 1.165) is 22.3 Å². The van der Waals surface area contributed by atoms with Crippen molar-refractivity contribution in [2.45, 2.75) is 32.8 Å². The number of carbonyl (C=O) groups is 1. The van der Waals surface area contributed by atoms with E-state index >= 15 is 0 Å². The van der Waals surface area contributed by atoms with Gasteiger partial charge in [-0.2, -0.15) is 5.26 Å². The quantitative estimate of drug-likeness (QED) is 0.854. The third kappa shape index (κ3) is 2.48. The third-order valence-electron chi connectivity index (χ3n) is 4.17. The minimum absolute atomic E-state index is 0.168. The Balaban J connectivity index is 1.85. The summed E-state index contributed by atoms with van der Waals surface area (Å²) in [5.74, 6) is 1.10. The number of nitriles is 1. The number of hydrogen-bond acceptors (Lipinski definition) is 3. The van der Waals surface area contributed by atoms with Crippen molar-refractivity contribution in [1.29, 1.82) is 5.26 Å². The van der Waals surface area contributed by atoms with Gasteiger partial charge in [-0.15, -0.1) is 0 Å². The van der Waals surface area contributed by atoms with Gasteiger partial charge in [0, 0.05) is 6.42 Å². The fourth-order valence-corrected chi connectivity index (χ4v) is 3.07. The molecule has 110 valence electrons. The number of carbonyl (C=O) groups excluding carboxylic acids is 1. The second-order valence-corrected chi connectivity index (χ2v) is 5.80. The molecule has 3 rings (SSSR count). The largest absolute Gasteiger partial charge is 0.488 e. The molecule has 0 radical (unpaired) electrons. The molecule has 3 heteroatoms. The van der Waals surface area contributed by atoms with Gasteiger partial charge in [0.2, 0.25) is 0 Å². The first kappa shape index (κ1) is 14.3. The van der Waals surface area contributed by atoms with Crippen molar-refractivity contribution in [3.05, 3.63) is 64.2 Å². The highest BCUT2D eigenvalue weighted by Gasteiger charge is 2.30. The molecule has 1 aliphatic carbocycles. The highest BCUT2D eigenvalue weighted by atomic mass is 16.5. The Hall–Kier alpha value is -2.60. The maximum atomic E-state index is 12.2. The Morgan fingerprint density at radius 1 is 1.23 bits per heavy atom. The van der Waals surface area contributed by atoms with Gasteiger partial charge in [-0.05, 0) is 47.7 Å². The van der Waals surface area contributed by atoms with E-state index in [-0.39, 0.29) is 11.7 Å². The highest BCUT2D eigenvalue weighted by Crippen LogP contribution is 2.40. The van der Waals surface area contributed by atoms with E-state index in [0.29, 0.717) is 24.3 Å². The monoisotopic (exact) mass is 291 g/mol. The van der Waals surface area contributed by atoms with Gasteiger partial charge >= 0.3 is 0 Å². The van der Waals surface area contributed by atoms with E-state index in [4.69, 9.17) is 10.00 Å². The molecule has 0 bridgehead atoms. The van der Waals surface area contributed by atoms with E-state index in [1.807, 2.05) is 31.2 Å². The first-order chi connectivity index (χ1) is 10.6. The molecule has 1 unspecified atom stereocenters. The number of fused-ring (bicyclic) bond motifs is 1. The van der Waals surface area contributed by atoms with Gasteiger partial charge in [-0.1, -0.05) is 25.1 Å². The van der Waals surface area contributed by atoms with Crippen molar-refractivity contribution in [2.75, 3.05) is 0 Å². The average molecular weight is 291 g/mol. The van der Waals surface area contributed by atoms with Crippen LogP contribution < -0.4 is 4.74 Å². The number of ether oxygens (including phenoxy) is 1. The van der Waals surface area contributed by atoms with Crippen molar-refractivity contribution in [1.82, 2.24) is 0 Å².